The van der Waals surface area contributed by atoms with E-state index in [0.717, 1.165) is 48.2 Å². The largest absolute Gasteiger partial charge is 0.492 e. The average molecular weight is 708 g/mol. The van der Waals surface area contributed by atoms with Crippen molar-refractivity contribution in [3.63, 3.8) is 0 Å². The second kappa shape index (κ2) is 17.2. The van der Waals surface area contributed by atoms with E-state index >= 15 is 0 Å². The molecular formula is C38H45N9O3S. The molecule has 5 N–H and O–H groups in total. The molecule has 13 heteroatoms. The molecule has 0 spiro atoms. The molecule has 0 bridgehead atoms. The minimum atomic E-state index is -0.507. The number of morpholine rings is 1. The highest BCUT2D eigenvalue weighted by molar-refractivity contribution is 7.99. The Morgan fingerprint density at radius 2 is 1.76 bits per heavy atom. The molecule has 1 fully saturated rings. The fourth-order valence-electron chi connectivity index (χ4n) is 4.96. The summed E-state index contributed by atoms with van der Waals surface area (Å²) < 4.78 is 12.9. The van der Waals surface area contributed by atoms with Crippen molar-refractivity contribution in [2.24, 2.45) is 10.4 Å². The van der Waals surface area contributed by atoms with Crippen LogP contribution >= 0.6 is 11.8 Å². The quantitative estimate of drug-likeness (QED) is 0.0859. The number of nitrogens with zero attached hydrogens (tertiary/aromatic N) is 4. The van der Waals surface area contributed by atoms with Crippen molar-refractivity contribution in [3.05, 3.63) is 102 Å². The predicted molar refractivity (Wildman–Crippen MR) is 202 cm³/mol. The third-order valence-electron chi connectivity index (χ3n) is 8.07. The van der Waals surface area contributed by atoms with Gasteiger partial charge in [0.15, 0.2) is 0 Å². The lowest BCUT2D eigenvalue weighted by Gasteiger charge is -2.26. The maximum absolute atomic E-state index is 13.0. The molecule has 1 saturated heterocycles. The summed E-state index contributed by atoms with van der Waals surface area (Å²) in [5.74, 6) is 1.55. The Balaban J connectivity index is 1.20. The van der Waals surface area contributed by atoms with E-state index in [1.807, 2.05) is 88.4 Å². The van der Waals surface area contributed by atoms with E-state index in [0.29, 0.717) is 41.0 Å². The molecule has 12 nitrogen and oxygen atoms in total. The first-order chi connectivity index (χ1) is 24.4. The van der Waals surface area contributed by atoms with Crippen molar-refractivity contribution >= 4 is 46.7 Å². The molecule has 266 valence electrons. The molecule has 0 saturated carbocycles. The van der Waals surface area contributed by atoms with Gasteiger partial charge >= 0.3 is 6.03 Å². The Hall–Kier alpha value is -5.11. The van der Waals surface area contributed by atoms with Gasteiger partial charge < -0.3 is 14.9 Å². The fraction of sp³-hybridized carbons (Fsp3) is 0.316. The zero-order valence-corrected chi connectivity index (χ0v) is 30.3. The van der Waals surface area contributed by atoms with Crippen LogP contribution in [0.3, 0.4) is 0 Å². The number of aryl methyl sites for hydroxylation is 1. The number of amidine groups is 1. The van der Waals surface area contributed by atoms with Gasteiger partial charge in [0.2, 0.25) is 0 Å². The minimum Gasteiger partial charge on any atom is -0.492 e. The van der Waals surface area contributed by atoms with E-state index in [2.05, 4.69) is 25.5 Å². The van der Waals surface area contributed by atoms with Crippen molar-refractivity contribution in [2.75, 3.05) is 44.8 Å². The van der Waals surface area contributed by atoms with Crippen LogP contribution in [0.2, 0.25) is 0 Å². The number of hydrogen-bond donors (Lipinski definition) is 5. The predicted octanol–water partition coefficient (Wildman–Crippen LogP) is 6.71. The highest BCUT2D eigenvalue weighted by Crippen LogP contribution is 2.27. The van der Waals surface area contributed by atoms with Gasteiger partial charge in [0.05, 0.1) is 18.9 Å². The average Bonchev–Trinajstić information content (AvgIpc) is 3.11. The van der Waals surface area contributed by atoms with Crippen LogP contribution in [0.5, 0.6) is 5.75 Å². The number of benzene rings is 2. The van der Waals surface area contributed by atoms with Crippen molar-refractivity contribution in [1.82, 2.24) is 19.8 Å². The topological polar surface area (TPSA) is 165 Å². The van der Waals surface area contributed by atoms with E-state index in [1.165, 1.54) is 16.3 Å². The SMILES string of the molecule is Cc1ccc(N=C(CC(=N)C(C)(C)C)NC(=O)Nc2ccc(Sc3ccc(=N)n(C(=N)c4cccc(OCCN5CCOCC5)c4)c3)cn2)cc1. The first kappa shape index (κ1) is 37.2. The number of carbonyl (C=O) groups is 1. The maximum atomic E-state index is 13.0. The zero-order valence-electron chi connectivity index (χ0n) is 29.5. The van der Waals surface area contributed by atoms with Gasteiger partial charge in [-0.15, -0.1) is 0 Å². The molecular weight excluding hydrogens is 663 g/mol. The van der Waals surface area contributed by atoms with Gasteiger partial charge in [0, 0.05) is 59.5 Å². The molecule has 2 aromatic carbocycles. The van der Waals surface area contributed by atoms with Gasteiger partial charge in [-0.25, -0.2) is 14.8 Å². The number of aromatic nitrogens is 2. The number of nitrogens with one attached hydrogen (secondary N) is 5. The fourth-order valence-corrected chi connectivity index (χ4v) is 5.77. The first-order valence-electron chi connectivity index (χ1n) is 16.8. The van der Waals surface area contributed by atoms with Crippen LogP contribution in [0.4, 0.5) is 16.3 Å². The summed E-state index contributed by atoms with van der Waals surface area (Å²) in [5.41, 5.74) is 2.67. The summed E-state index contributed by atoms with van der Waals surface area (Å²) in [4.78, 5) is 25.9. The van der Waals surface area contributed by atoms with Crippen LogP contribution in [0, 0.1) is 28.6 Å². The number of aliphatic imine (C=N–C) groups is 1. The molecule has 0 atom stereocenters. The third-order valence-corrected chi connectivity index (χ3v) is 9.02. The number of anilines is 1. The summed E-state index contributed by atoms with van der Waals surface area (Å²) in [7, 11) is 0. The number of amides is 2. The van der Waals surface area contributed by atoms with E-state index in [4.69, 9.17) is 25.7 Å². The summed E-state index contributed by atoms with van der Waals surface area (Å²) in [6.07, 6.45) is 3.60. The van der Waals surface area contributed by atoms with Crippen LogP contribution in [0.1, 0.15) is 38.3 Å². The van der Waals surface area contributed by atoms with Crippen LogP contribution in [0.25, 0.3) is 0 Å². The lowest BCUT2D eigenvalue weighted by atomic mass is 9.88. The molecule has 0 radical (unpaired) electrons. The molecule has 0 aliphatic carbocycles. The van der Waals surface area contributed by atoms with Gasteiger partial charge in [0.25, 0.3) is 0 Å². The van der Waals surface area contributed by atoms with Crippen molar-refractivity contribution < 1.29 is 14.3 Å². The van der Waals surface area contributed by atoms with Crippen molar-refractivity contribution in [3.8, 4) is 5.75 Å². The molecule has 0 unspecified atom stereocenters. The standard InChI is InChI=1S/C38H45N9O3S/c1-26-8-10-28(11-9-26)43-35(23-32(39)38(2,3)4)45-37(48)44-34-15-13-30(24-42-34)51-31-12-14-33(40)47(25-31)36(41)27-6-5-7-29(22-27)50-21-18-46-16-19-49-20-17-46/h5-15,22,24-25,39-41H,16-21,23H2,1-4H3,(H2,42,43,44,45,48). The Bertz CT molecular complexity index is 1930. The minimum absolute atomic E-state index is 0.160. The highest BCUT2D eigenvalue weighted by Gasteiger charge is 2.20. The Labute approximate surface area is 302 Å². The number of rotatable bonds is 11. The third kappa shape index (κ3) is 11.2. The molecule has 5 rings (SSSR count). The molecule has 1 aliphatic heterocycles. The lowest BCUT2D eigenvalue weighted by Crippen LogP contribution is -2.38. The number of ether oxygens (including phenoxy) is 2. The molecule has 2 amide bonds. The van der Waals surface area contributed by atoms with E-state index in [-0.39, 0.29) is 23.2 Å². The smallest absolute Gasteiger partial charge is 0.325 e. The van der Waals surface area contributed by atoms with Gasteiger partial charge in [-0.2, -0.15) is 0 Å². The van der Waals surface area contributed by atoms with Gasteiger partial charge in [-0.1, -0.05) is 62.4 Å². The molecule has 1 aliphatic rings. The summed E-state index contributed by atoms with van der Waals surface area (Å²) in [6, 6.07) is 21.5. The maximum Gasteiger partial charge on any atom is 0.325 e. The summed E-state index contributed by atoms with van der Waals surface area (Å²) in [6.45, 7) is 12.5. The van der Waals surface area contributed by atoms with E-state index in [1.54, 1.807) is 24.5 Å². The van der Waals surface area contributed by atoms with Crippen molar-refractivity contribution in [1.29, 1.82) is 16.2 Å². The summed E-state index contributed by atoms with van der Waals surface area (Å²) in [5, 5.41) is 31.4. The first-order valence-corrected chi connectivity index (χ1v) is 17.6. The number of carbonyl (C=O) groups excluding carboxylic acids is 1. The van der Waals surface area contributed by atoms with Crippen LogP contribution < -0.4 is 20.9 Å². The molecule has 51 heavy (non-hydrogen) atoms. The van der Waals surface area contributed by atoms with Crippen LogP contribution in [0.15, 0.2) is 100.0 Å². The Kier molecular flexibility index (Phi) is 12.5. The number of urea groups is 1. The van der Waals surface area contributed by atoms with Gasteiger partial charge in [-0.05, 0) is 60.9 Å². The Morgan fingerprint density at radius 1 is 1.02 bits per heavy atom. The van der Waals surface area contributed by atoms with E-state index < -0.39 is 6.03 Å². The summed E-state index contributed by atoms with van der Waals surface area (Å²) >= 11 is 1.43. The number of hydrogen-bond acceptors (Lipinski definition) is 10. The van der Waals surface area contributed by atoms with Crippen molar-refractivity contribution in [2.45, 2.75) is 43.9 Å². The normalized spacial score (nSPS) is 13.8. The second-order valence-corrected chi connectivity index (χ2v) is 14.3. The van der Waals surface area contributed by atoms with Gasteiger partial charge in [-0.3, -0.25) is 30.9 Å². The molecule has 4 aromatic rings. The van der Waals surface area contributed by atoms with Crippen LogP contribution in [-0.2, 0) is 4.74 Å². The monoisotopic (exact) mass is 707 g/mol. The van der Waals surface area contributed by atoms with E-state index in [9.17, 15) is 4.79 Å². The molecule has 3 heterocycles. The zero-order chi connectivity index (χ0) is 36.4. The van der Waals surface area contributed by atoms with Gasteiger partial charge in [0.1, 0.15) is 35.3 Å². The lowest BCUT2D eigenvalue weighted by molar-refractivity contribution is 0.0322. The highest BCUT2D eigenvalue weighted by atomic mass is 32.2. The number of pyridine rings is 2. The molecule has 2 aromatic heterocycles. The Morgan fingerprint density at radius 3 is 2.47 bits per heavy atom. The van der Waals surface area contributed by atoms with Crippen LogP contribution in [-0.4, -0.2) is 77.3 Å². The second-order valence-electron chi connectivity index (χ2n) is 13.2.